The molecule has 0 saturated heterocycles. The molecule has 1 N–H and O–H groups in total. The molecule has 1 rings (SSSR count). The standard InChI is InChI=1S/C7H13N3.2ClH/c1-3-8-4-7-5-9-10(2)6-7;;/h5-6,8H,3-4H2,1-2H3;2*1H. The molecule has 72 valence electrons. The van der Waals surface area contributed by atoms with Crippen LogP contribution in [0.25, 0.3) is 0 Å². The summed E-state index contributed by atoms with van der Waals surface area (Å²) in [6.07, 6.45) is 3.89. The molecular weight excluding hydrogens is 197 g/mol. The predicted molar refractivity (Wildman–Crippen MR) is 55.1 cm³/mol. The van der Waals surface area contributed by atoms with Crippen molar-refractivity contribution >= 4 is 24.8 Å². The highest BCUT2D eigenvalue weighted by Gasteiger charge is 1.91. The Morgan fingerprint density at radius 1 is 1.50 bits per heavy atom. The van der Waals surface area contributed by atoms with Gasteiger partial charge in [-0.3, -0.25) is 4.68 Å². The lowest BCUT2D eigenvalue weighted by Crippen LogP contribution is -2.10. The van der Waals surface area contributed by atoms with E-state index < -0.39 is 0 Å². The molecule has 12 heavy (non-hydrogen) atoms. The van der Waals surface area contributed by atoms with E-state index >= 15 is 0 Å². The Labute approximate surface area is 85.4 Å². The Bertz CT molecular complexity index is 200. The lowest BCUT2D eigenvalue weighted by molar-refractivity contribution is 0.723. The van der Waals surface area contributed by atoms with Crippen molar-refractivity contribution in [3.8, 4) is 0 Å². The van der Waals surface area contributed by atoms with Crippen molar-refractivity contribution < 1.29 is 0 Å². The maximum Gasteiger partial charge on any atom is 0.0534 e. The lowest BCUT2D eigenvalue weighted by Gasteiger charge is -1.94. The van der Waals surface area contributed by atoms with Gasteiger partial charge in [0.2, 0.25) is 0 Å². The van der Waals surface area contributed by atoms with Gasteiger partial charge in [0.05, 0.1) is 6.20 Å². The third-order valence-electron chi connectivity index (χ3n) is 1.34. The summed E-state index contributed by atoms with van der Waals surface area (Å²) in [6, 6.07) is 0. The molecule has 0 aliphatic heterocycles. The summed E-state index contributed by atoms with van der Waals surface area (Å²) in [5.74, 6) is 0. The van der Waals surface area contributed by atoms with E-state index in [1.54, 1.807) is 0 Å². The zero-order valence-electron chi connectivity index (χ0n) is 7.28. The van der Waals surface area contributed by atoms with Crippen LogP contribution >= 0.6 is 24.8 Å². The van der Waals surface area contributed by atoms with Gasteiger partial charge in [-0.05, 0) is 6.54 Å². The Kier molecular flexibility index (Phi) is 8.81. The fourth-order valence-electron chi connectivity index (χ4n) is 0.832. The number of hydrogen-bond acceptors (Lipinski definition) is 2. The van der Waals surface area contributed by atoms with E-state index in [0.717, 1.165) is 13.1 Å². The van der Waals surface area contributed by atoms with Gasteiger partial charge in [-0.15, -0.1) is 24.8 Å². The number of nitrogens with zero attached hydrogens (tertiary/aromatic N) is 2. The molecule has 1 aromatic heterocycles. The quantitative estimate of drug-likeness (QED) is 0.820. The molecule has 0 aliphatic rings. The van der Waals surface area contributed by atoms with Crippen LogP contribution in [0.5, 0.6) is 0 Å². The highest BCUT2D eigenvalue weighted by Crippen LogP contribution is 1.93. The summed E-state index contributed by atoms with van der Waals surface area (Å²) in [6.45, 7) is 4.02. The molecule has 0 unspecified atom stereocenters. The maximum absolute atomic E-state index is 4.05. The molecule has 0 bridgehead atoms. The van der Waals surface area contributed by atoms with Crippen LogP contribution in [0.4, 0.5) is 0 Å². The fraction of sp³-hybridized carbons (Fsp3) is 0.571. The van der Waals surface area contributed by atoms with Crippen molar-refractivity contribution in [3.05, 3.63) is 18.0 Å². The smallest absolute Gasteiger partial charge is 0.0534 e. The molecule has 0 spiro atoms. The van der Waals surface area contributed by atoms with Crippen molar-refractivity contribution in [1.82, 2.24) is 15.1 Å². The molecule has 3 nitrogen and oxygen atoms in total. The van der Waals surface area contributed by atoms with Crippen molar-refractivity contribution in [2.45, 2.75) is 13.5 Å². The summed E-state index contributed by atoms with van der Waals surface area (Å²) in [7, 11) is 1.93. The van der Waals surface area contributed by atoms with Crippen LogP contribution in [-0.4, -0.2) is 16.3 Å². The Balaban J connectivity index is 0. The minimum atomic E-state index is 0. The van der Waals surface area contributed by atoms with E-state index in [4.69, 9.17) is 0 Å². The Hall–Kier alpha value is -0.250. The Morgan fingerprint density at radius 3 is 2.58 bits per heavy atom. The minimum absolute atomic E-state index is 0. The topological polar surface area (TPSA) is 29.9 Å². The number of hydrogen-bond donors (Lipinski definition) is 1. The zero-order valence-corrected chi connectivity index (χ0v) is 8.91. The summed E-state index contributed by atoms with van der Waals surface area (Å²) >= 11 is 0. The molecule has 1 heterocycles. The monoisotopic (exact) mass is 211 g/mol. The van der Waals surface area contributed by atoms with Gasteiger partial charge < -0.3 is 5.32 Å². The minimum Gasteiger partial charge on any atom is -0.313 e. The van der Waals surface area contributed by atoms with Crippen LogP contribution in [-0.2, 0) is 13.6 Å². The van der Waals surface area contributed by atoms with E-state index in [9.17, 15) is 0 Å². The van der Waals surface area contributed by atoms with Crippen LogP contribution in [0.15, 0.2) is 12.4 Å². The number of aromatic nitrogens is 2. The second kappa shape index (κ2) is 7.40. The van der Waals surface area contributed by atoms with Crippen LogP contribution in [0.2, 0.25) is 0 Å². The summed E-state index contributed by atoms with van der Waals surface area (Å²) in [5, 5.41) is 7.27. The number of nitrogens with one attached hydrogen (secondary N) is 1. The summed E-state index contributed by atoms with van der Waals surface area (Å²) in [5.41, 5.74) is 1.24. The van der Waals surface area contributed by atoms with Crippen molar-refractivity contribution in [2.24, 2.45) is 7.05 Å². The predicted octanol–water partition coefficient (Wildman–Crippen LogP) is 1.37. The summed E-state index contributed by atoms with van der Waals surface area (Å²) < 4.78 is 1.81. The fourth-order valence-corrected chi connectivity index (χ4v) is 0.832. The molecular formula is C7H15Cl2N3. The molecule has 0 aromatic carbocycles. The van der Waals surface area contributed by atoms with E-state index in [2.05, 4.69) is 17.3 Å². The van der Waals surface area contributed by atoms with E-state index in [1.165, 1.54) is 5.56 Å². The van der Waals surface area contributed by atoms with Crippen LogP contribution in [0.1, 0.15) is 12.5 Å². The average Bonchev–Trinajstić information content (AvgIpc) is 2.31. The Morgan fingerprint density at radius 2 is 2.17 bits per heavy atom. The summed E-state index contributed by atoms with van der Waals surface area (Å²) in [4.78, 5) is 0. The third kappa shape index (κ3) is 4.59. The average molecular weight is 212 g/mol. The molecule has 0 fully saturated rings. The second-order valence-corrected chi connectivity index (χ2v) is 2.30. The van der Waals surface area contributed by atoms with Gasteiger partial charge in [0.15, 0.2) is 0 Å². The first-order valence-corrected chi connectivity index (χ1v) is 3.51. The van der Waals surface area contributed by atoms with Gasteiger partial charge in [0.1, 0.15) is 0 Å². The van der Waals surface area contributed by atoms with Gasteiger partial charge in [-0.1, -0.05) is 6.92 Å². The number of aryl methyl sites for hydroxylation is 1. The van der Waals surface area contributed by atoms with Crippen LogP contribution in [0.3, 0.4) is 0 Å². The van der Waals surface area contributed by atoms with Gasteiger partial charge in [-0.25, -0.2) is 0 Å². The molecule has 1 aromatic rings. The molecule has 0 saturated carbocycles. The molecule has 0 atom stereocenters. The number of halogens is 2. The first-order valence-electron chi connectivity index (χ1n) is 3.51. The van der Waals surface area contributed by atoms with Crippen molar-refractivity contribution in [1.29, 1.82) is 0 Å². The van der Waals surface area contributed by atoms with E-state index in [0.29, 0.717) is 0 Å². The first-order chi connectivity index (χ1) is 4.83. The first kappa shape index (κ1) is 14.3. The largest absolute Gasteiger partial charge is 0.313 e. The number of rotatable bonds is 3. The molecule has 0 aliphatic carbocycles. The zero-order chi connectivity index (χ0) is 7.40. The van der Waals surface area contributed by atoms with Crippen LogP contribution < -0.4 is 5.32 Å². The van der Waals surface area contributed by atoms with Crippen molar-refractivity contribution in [3.63, 3.8) is 0 Å². The molecule has 0 radical (unpaired) electrons. The van der Waals surface area contributed by atoms with Gasteiger partial charge >= 0.3 is 0 Å². The lowest BCUT2D eigenvalue weighted by atomic mass is 10.4. The molecule has 5 heteroatoms. The van der Waals surface area contributed by atoms with Crippen molar-refractivity contribution in [2.75, 3.05) is 6.54 Å². The molecule has 0 amide bonds. The normalized spacial score (nSPS) is 8.50. The third-order valence-corrected chi connectivity index (χ3v) is 1.34. The SMILES string of the molecule is CCNCc1cnn(C)c1.Cl.Cl. The van der Waals surface area contributed by atoms with Gasteiger partial charge in [0, 0.05) is 25.4 Å². The highest BCUT2D eigenvalue weighted by atomic mass is 35.5. The van der Waals surface area contributed by atoms with E-state index in [-0.39, 0.29) is 24.8 Å². The highest BCUT2D eigenvalue weighted by molar-refractivity contribution is 5.85. The van der Waals surface area contributed by atoms with Crippen LogP contribution in [0, 0.1) is 0 Å². The van der Waals surface area contributed by atoms with Gasteiger partial charge in [0.25, 0.3) is 0 Å². The van der Waals surface area contributed by atoms with E-state index in [1.807, 2.05) is 24.1 Å². The van der Waals surface area contributed by atoms with Gasteiger partial charge in [-0.2, -0.15) is 5.10 Å². The second-order valence-electron chi connectivity index (χ2n) is 2.30. The maximum atomic E-state index is 4.05.